The molecule has 2 aliphatic carbocycles. The normalized spacial score (nSPS) is 26.3. The maximum absolute atomic E-state index is 14.4. The van der Waals surface area contributed by atoms with E-state index >= 15 is 0 Å². The van der Waals surface area contributed by atoms with E-state index < -0.39 is 11.9 Å². The van der Waals surface area contributed by atoms with Crippen molar-refractivity contribution >= 4 is 11.6 Å². The van der Waals surface area contributed by atoms with Gasteiger partial charge in [-0.3, -0.25) is 4.79 Å². The number of piperidine rings is 1. The molecule has 8 heteroatoms. The van der Waals surface area contributed by atoms with E-state index in [1.165, 1.54) is 6.07 Å². The second-order valence-electron chi connectivity index (χ2n) is 10.6. The van der Waals surface area contributed by atoms with E-state index in [4.69, 9.17) is 0 Å². The van der Waals surface area contributed by atoms with Crippen LogP contribution in [-0.2, 0) is 19.0 Å². The van der Waals surface area contributed by atoms with Crippen LogP contribution in [0.2, 0.25) is 0 Å². The predicted molar refractivity (Wildman–Crippen MR) is 126 cm³/mol. The smallest absolute Gasteiger partial charge is 0.331 e. The van der Waals surface area contributed by atoms with E-state index in [9.17, 15) is 18.0 Å². The summed E-state index contributed by atoms with van der Waals surface area (Å²) < 4.78 is 44.0. The second kappa shape index (κ2) is 8.07. The number of carbonyl (C=O) groups is 1. The van der Waals surface area contributed by atoms with Crippen LogP contribution in [0.3, 0.4) is 0 Å². The van der Waals surface area contributed by atoms with Gasteiger partial charge in [0.05, 0.1) is 5.69 Å². The molecule has 6 rings (SSSR count). The highest BCUT2D eigenvalue weighted by molar-refractivity contribution is 5.94. The molecule has 1 aromatic carbocycles. The first-order chi connectivity index (χ1) is 16.7. The van der Waals surface area contributed by atoms with Crippen LogP contribution in [0.25, 0.3) is 16.9 Å². The van der Waals surface area contributed by atoms with Gasteiger partial charge in [0, 0.05) is 29.3 Å². The molecule has 1 saturated heterocycles. The van der Waals surface area contributed by atoms with Gasteiger partial charge in [-0.15, -0.1) is 0 Å². The van der Waals surface area contributed by atoms with Crippen molar-refractivity contribution in [2.45, 2.75) is 77.1 Å². The Morgan fingerprint density at radius 3 is 2.66 bits per heavy atom. The molecule has 2 aromatic heterocycles. The number of aromatic nitrogens is 3. The van der Waals surface area contributed by atoms with Crippen LogP contribution in [-0.4, -0.2) is 37.5 Å². The summed E-state index contributed by atoms with van der Waals surface area (Å²) >= 11 is 0. The fraction of sp³-hybridized carbons (Fsp3) is 0.519. The van der Waals surface area contributed by atoms with E-state index in [-0.39, 0.29) is 41.3 Å². The van der Waals surface area contributed by atoms with Gasteiger partial charge < -0.3 is 4.90 Å². The molecule has 35 heavy (non-hydrogen) atoms. The van der Waals surface area contributed by atoms with Gasteiger partial charge >= 0.3 is 6.18 Å². The lowest BCUT2D eigenvalue weighted by Gasteiger charge is -2.48. The maximum atomic E-state index is 14.4. The highest BCUT2D eigenvalue weighted by Gasteiger charge is 2.43. The van der Waals surface area contributed by atoms with Crippen LogP contribution in [0, 0.1) is 11.8 Å². The third kappa shape index (κ3) is 3.64. The molecule has 3 aliphatic rings. The lowest BCUT2D eigenvalue weighted by atomic mass is 9.72. The van der Waals surface area contributed by atoms with Crippen LogP contribution < -0.4 is 0 Å². The summed E-state index contributed by atoms with van der Waals surface area (Å²) in [5.41, 5.74) is 1.50. The molecule has 1 amide bonds. The van der Waals surface area contributed by atoms with Gasteiger partial charge in [0.1, 0.15) is 0 Å². The Labute approximate surface area is 202 Å². The highest BCUT2D eigenvalue weighted by Crippen LogP contribution is 2.42. The lowest BCUT2D eigenvalue weighted by Crippen LogP contribution is -2.54. The van der Waals surface area contributed by atoms with Crippen molar-refractivity contribution in [2.24, 2.45) is 11.8 Å². The number of alkyl halides is 3. The van der Waals surface area contributed by atoms with Crippen molar-refractivity contribution in [3.63, 3.8) is 0 Å². The molecule has 5 nitrogen and oxygen atoms in total. The number of rotatable bonds is 1. The zero-order valence-corrected chi connectivity index (χ0v) is 20.0. The van der Waals surface area contributed by atoms with Crippen LogP contribution >= 0.6 is 0 Å². The summed E-state index contributed by atoms with van der Waals surface area (Å²) in [5.74, 6) is 0.812. The zero-order valence-electron chi connectivity index (χ0n) is 20.0. The number of hydrogen-bond donors (Lipinski definition) is 0. The summed E-state index contributed by atoms with van der Waals surface area (Å²) in [5, 5.41) is 4.25. The number of hydrogen-bond acceptors (Lipinski definition) is 3. The Kier molecular flexibility index (Phi) is 5.20. The monoisotopic (exact) mass is 482 g/mol. The predicted octanol–water partition coefficient (Wildman–Crippen LogP) is 5.94. The number of fused-ring (bicyclic) bond motifs is 5. The second-order valence-corrected chi connectivity index (χ2v) is 10.6. The van der Waals surface area contributed by atoms with Crippen molar-refractivity contribution < 1.29 is 18.0 Å². The number of nitrogens with zero attached hydrogens (tertiary/aromatic N) is 4. The zero-order chi connectivity index (χ0) is 24.5. The minimum Gasteiger partial charge on any atom is -0.331 e. The van der Waals surface area contributed by atoms with Crippen molar-refractivity contribution in [1.29, 1.82) is 0 Å². The van der Waals surface area contributed by atoms with Crippen LogP contribution in [0.15, 0.2) is 30.3 Å². The molecule has 3 aromatic rings. The van der Waals surface area contributed by atoms with E-state index in [1.54, 1.807) is 0 Å². The average Bonchev–Trinajstić information content (AvgIpc) is 3.25. The highest BCUT2D eigenvalue weighted by atomic mass is 19.4. The molecule has 1 saturated carbocycles. The number of aryl methyl sites for hydroxylation is 1. The number of halogens is 3. The van der Waals surface area contributed by atoms with Crippen molar-refractivity contribution in [3.8, 4) is 11.3 Å². The molecule has 3 heterocycles. The van der Waals surface area contributed by atoms with E-state index in [1.807, 2.05) is 36.1 Å². The molecular formula is C27H29F3N4O. The minimum atomic E-state index is -4.62. The van der Waals surface area contributed by atoms with Crippen molar-refractivity contribution in [2.75, 3.05) is 0 Å². The van der Waals surface area contributed by atoms with Gasteiger partial charge in [0.2, 0.25) is 0 Å². The Hall–Kier alpha value is -2.90. The first-order valence-corrected chi connectivity index (χ1v) is 12.6. The largest absolute Gasteiger partial charge is 0.433 e. The molecule has 4 atom stereocenters. The van der Waals surface area contributed by atoms with Crippen LogP contribution in [0.4, 0.5) is 13.2 Å². The standard InChI is InChI=1S/C27H29F3N4O/c1-15-7-12-22-18(13-15)9-8-16(2)33(22)26(35)21-14-23-31-24-19-6-4-3-5-17(19)10-11-20(24)25(27(28,29)30)34(23)32-21/h3-6,14-16,18,22H,7-13H2,1-2H3. The molecule has 1 aliphatic heterocycles. The Morgan fingerprint density at radius 2 is 1.86 bits per heavy atom. The van der Waals surface area contributed by atoms with Crippen LogP contribution in [0.1, 0.15) is 73.3 Å². The Bertz CT molecular complexity index is 1310. The van der Waals surface area contributed by atoms with Gasteiger partial charge in [-0.1, -0.05) is 31.2 Å². The molecule has 0 bridgehead atoms. The fourth-order valence-corrected chi connectivity index (χ4v) is 6.69. The molecule has 4 unspecified atom stereocenters. The molecular weight excluding hydrogens is 453 g/mol. The third-order valence-corrected chi connectivity index (χ3v) is 8.33. The van der Waals surface area contributed by atoms with E-state index in [0.29, 0.717) is 24.0 Å². The maximum Gasteiger partial charge on any atom is 0.433 e. The van der Waals surface area contributed by atoms with Crippen molar-refractivity contribution in [1.82, 2.24) is 19.5 Å². The SMILES string of the molecule is CC1CCC2C(CCC(C)N2C(=O)c2cc3nc4c(c(C(F)(F)F)n3n2)CCc2ccccc2-4)C1. The summed E-state index contributed by atoms with van der Waals surface area (Å²) in [6.45, 7) is 4.30. The molecule has 184 valence electrons. The topological polar surface area (TPSA) is 50.5 Å². The Morgan fingerprint density at radius 1 is 1.06 bits per heavy atom. The number of amides is 1. The van der Waals surface area contributed by atoms with Gasteiger partial charge in [0.15, 0.2) is 17.0 Å². The molecule has 0 radical (unpaired) electrons. The number of carbonyl (C=O) groups excluding carboxylic acids is 1. The number of benzene rings is 1. The van der Waals surface area contributed by atoms with Gasteiger partial charge in [-0.05, 0) is 69.3 Å². The van der Waals surface area contributed by atoms with E-state index in [0.717, 1.165) is 47.7 Å². The van der Waals surface area contributed by atoms with Crippen LogP contribution in [0.5, 0.6) is 0 Å². The average molecular weight is 483 g/mol. The molecule has 2 fully saturated rings. The Balaban J connectivity index is 1.47. The van der Waals surface area contributed by atoms with Gasteiger partial charge in [-0.2, -0.15) is 18.3 Å². The van der Waals surface area contributed by atoms with Gasteiger partial charge in [0.25, 0.3) is 5.91 Å². The quantitative estimate of drug-likeness (QED) is 0.431. The lowest BCUT2D eigenvalue weighted by molar-refractivity contribution is -0.143. The summed E-state index contributed by atoms with van der Waals surface area (Å²) in [4.78, 5) is 20.3. The summed E-state index contributed by atoms with van der Waals surface area (Å²) in [7, 11) is 0. The first kappa shape index (κ1) is 22.6. The summed E-state index contributed by atoms with van der Waals surface area (Å²) in [6, 6.07) is 9.07. The first-order valence-electron chi connectivity index (χ1n) is 12.6. The molecule has 0 spiro atoms. The fourth-order valence-electron chi connectivity index (χ4n) is 6.69. The third-order valence-electron chi connectivity index (χ3n) is 8.33. The van der Waals surface area contributed by atoms with Gasteiger partial charge in [-0.25, -0.2) is 9.50 Å². The minimum absolute atomic E-state index is 0.0390. The van der Waals surface area contributed by atoms with E-state index in [2.05, 4.69) is 17.0 Å². The number of likely N-dealkylation sites (tertiary alicyclic amines) is 1. The summed E-state index contributed by atoms with van der Waals surface area (Å²) in [6.07, 6.45) is 1.23. The molecule has 0 N–H and O–H groups in total. The van der Waals surface area contributed by atoms with Crippen molar-refractivity contribution in [3.05, 3.63) is 52.8 Å².